The zero-order chi connectivity index (χ0) is 12.1. The molecule has 5 nitrogen and oxygen atoms in total. The van der Waals surface area contributed by atoms with Crippen LogP contribution in [-0.2, 0) is 19.0 Å². The molecular weight excluding hydrogens is 212 g/mol. The molecule has 0 aromatic carbocycles. The first kappa shape index (κ1) is 13.4. The number of aliphatic hydroxyl groups excluding tert-OH is 1. The summed E-state index contributed by atoms with van der Waals surface area (Å²) < 4.78 is 15.3. The van der Waals surface area contributed by atoms with Gasteiger partial charge in [0.15, 0.2) is 0 Å². The maximum absolute atomic E-state index is 10.9. The second-order valence-electron chi connectivity index (χ2n) is 4.08. The Bertz CT molecular complexity index is 230. The van der Waals surface area contributed by atoms with Gasteiger partial charge >= 0.3 is 5.97 Å². The molecular formula is C11H20O5. The van der Waals surface area contributed by atoms with Crippen molar-refractivity contribution in [3.05, 3.63) is 0 Å². The highest BCUT2D eigenvalue weighted by Gasteiger charge is 2.44. The SMILES string of the molecule is CC[C@H]1C[C@@H](OC(C)=O)[C@H](O)[C@@H]1OCOC. The Labute approximate surface area is 95.7 Å². The Morgan fingerprint density at radius 3 is 2.69 bits per heavy atom. The van der Waals surface area contributed by atoms with Crippen molar-refractivity contribution in [2.24, 2.45) is 5.92 Å². The molecule has 0 unspecified atom stereocenters. The first-order valence-corrected chi connectivity index (χ1v) is 5.56. The van der Waals surface area contributed by atoms with Crippen LogP contribution in [0.2, 0.25) is 0 Å². The molecule has 0 spiro atoms. The van der Waals surface area contributed by atoms with Crippen molar-refractivity contribution in [2.45, 2.75) is 45.0 Å². The molecule has 5 heteroatoms. The van der Waals surface area contributed by atoms with Crippen molar-refractivity contribution in [2.75, 3.05) is 13.9 Å². The summed E-state index contributed by atoms with van der Waals surface area (Å²) in [5.41, 5.74) is 0. The molecule has 1 aliphatic carbocycles. The van der Waals surface area contributed by atoms with Gasteiger partial charge in [-0.15, -0.1) is 0 Å². The molecule has 0 radical (unpaired) electrons. The fourth-order valence-corrected chi connectivity index (χ4v) is 2.17. The number of rotatable bonds is 5. The van der Waals surface area contributed by atoms with Gasteiger partial charge < -0.3 is 19.3 Å². The van der Waals surface area contributed by atoms with Gasteiger partial charge in [0.05, 0.1) is 6.10 Å². The molecule has 0 amide bonds. The van der Waals surface area contributed by atoms with Gasteiger partial charge in [-0.3, -0.25) is 4.79 Å². The Kier molecular flexibility index (Phi) is 5.18. The van der Waals surface area contributed by atoms with Crippen LogP contribution < -0.4 is 0 Å². The van der Waals surface area contributed by atoms with Crippen LogP contribution in [0.15, 0.2) is 0 Å². The molecule has 0 saturated heterocycles. The third kappa shape index (κ3) is 3.17. The Balaban J connectivity index is 2.57. The van der Waals surface area contributed by atoms with Crippen LogP contribution in [0.4, 0.5) is 0 Å². The van der Waals surface area contributed by atoms with Crippen LogP contribution >= 0.6 is 0 Å². The summed E-state index contributed by atoms with van der Waals surface area (Å²) >= 11 is 0. The van der Waals surface area contributed by atoms with E-state index < -0.39 is 12.2 Å². The van der Waals surface area contributed by atoms with Crippen LogP contribution in [0, 0.1) is 5.92 Å². The third-order valence-corrected chi connectivity index (χ3v) is 2.94. The second-order valence-corrected chi connectivity index (χ2v) is 4.08. The van der Waals surface area contributed by atoms with Crippen molar-refractivity contribution in [1.29, 1.82) is 0 Å². The van der Waals surface area contributed by atoms with Crippen molar-refractivity contribution >= 4 is 5.97 Å². The van der Waals surface area contributed by atoms with Gasteiger partial charge in [-0.2, -0.15) is 0 Å². The summed E-state index contributed by atoms with van der Waals surface area (Å²) in [4.78, 5) is 10.9. The number of methoxy groups -OCH3 is 1. The van der Waals surface area contributed by atoms with Crippen LogP contribution in [-0.4, -0.2) is 43.3 Å². The number of esters is 1. The topological polar surface area (TPSA) is 65.0 Å². The van der Waals surface area contributed by atoms with Gasteiger partial charge in [-0.25, -0.2) is 0 Å². The van der Waals surface area contributed by atoms with Crippen molar-refractivity contribution in [3.63, 3.8) is 0 Å². The van der Waals surface area contributed by atoms with E-state index in [1.165, 1.54) is 14.0 Å². The summed E-state index contributed by atoms with van der Waals surface area (Å²) in [6.07, 6.45) is -0.00271. The highest BCUT2D eigenvalue weighted by Crippen LogP contribution is 2.33. The minimum atomic E-state index is -0.760. The van der Waals surface area contributed by atoms with E-state index in [9.17, 15) is 9.90 Å². The summed E-state index contributed by atoms with van der Waals surface area (Å²) in [5, 5.41) is 9.97. The van der Waals surface area contributed by atoms with Crippen LogP contribution in [0.1, 0.15) is 26.7 Å². The number of ether oxygens (including phenoxy) is 3. The summed E-state index contributed by atoms with van der Waals surface area (Å²) in [7, 11) is 1.53. The normalized spacial score (nSPS) is 34.0. The molecule has 0 aliphatic heterocycles. The zero-order valence-electron chi connectivity index (χ0n) is 10.0. The zero-order valence-corrected chi connectivity index (χ0v) is 10.0. The van der Waals surface area contributed by atoms with E-state index >= 15 is 0 Å². The predicted molar refractivity (Wildman–Crippen MR) is 56.7 cm³/mol. The molecule has 1 rings (SSSR count). The molecule has 1 aliphatic rings. The predicted octanol–water partition coefficient (Wildman–Crippen LogP) is 0.698. The van der Waals surface area contributed by atoms with Gasteiger partial charge in [-0.05, 0) is 12.3 Å². The number of hydrogen-bond acceptors (Lipinski definition) is 5. The molecule has 1 N–H and O–H groups in total. The second kappa shape index (κ2) is 6.18. The standard InChI is InChI=1S/C11H20O5/c1-4-8-5-9(16-7(2)12)10(13)11(8)15-6-14-3/h8-11,13H,4-6H2,1-3H3/t8-,9+,10-,11+/m0/s1. The van der Waals surface area contributed by atoms with Crippen molar-refractivity contribution in [1.82, 2.24) is 0 Å². The van der Waals surface area contributed by atoms with Gasteiger partial charge in [0.25, 0.3) is 0 Å². The molecule has 1 fully saturated rings. The number of carbonyl (C=O) groups is 1. The summed E-state index contributed by atoms with van der Waals surface area (Å²) in [6, 6.07) is 0. The first-order valence-electron chi connectivity index (χ1n) is 5.56. The monoisotopic (exact) mass is 232 g/mol. The van der Waals surface area contributed by atoms with Gasteiger partial charge in [0, 0.05) is 14.0 Å². The van der Waals surface area contributed by atoms with Crippen molar-refractivity contribution in [3.8, 4) is 0 Å². The van der Waals surface area contributed by atoms with E-state index in [4.69, 9.17) is 14.2 Å². The van der Waals surface area contributed by atoms with E-state index in [1.54, 1.807) is 0 Å². The molecule has 0 aromatic rings. The van der Waals surface area contributed by atoms with Crippen LogP contribution in [0.25, 0.3) is 0 Å². The lowest BCUT2D eigenvalue weighted by Gasteiger charge is -2.21. The van der Waals surface area contributed by atoms with E-state index in [1.807, 2.05) is 6.92 Å². The largest absolute Gasteiger partial charge is 0.460 e. The lowest BCUT2D eigenvalue weighted by molar-refractivity contribution is -0.157. The molecule has 16 heavy (non-hydrogen) atoms. The molecule has 0 heterocycles. The lowest BCUT2D eigenvalue weighted by atomic mass is 10.0. The summed E-state index contributed by atoms with van der Waals surface area (Å²) in [6.45, 7) is 3.51. The van der Waals surface area contributed by atoms with E-state index in [0.717, 1.165) is 6.42 Å². The quantitative estimate of drug-likeness (QED) is 0.558. The maximum Gasteiger partial charge on any atom is 0.302 e. The fraction of sp³-hybridized carbons (Fsp3) is 0.909. The van der Waals surface area contributed by atoms with E-state index in [-0.39, 0.29) is 24.8 Å². The minimum absolute atomic E-state index is 0.144. The van der Waals surface area contributed by atoms with Gasteiger partial charge in [-0.1, -0.05) is 13.3 Å². The third-order valence-electron chi connectivity index (χ3n) is 2.94. The highest BCUT2D eigenvalue weighted by molar-refractivity contribution is 5.66. The minimum Gasteiger partial charge on any atom is -0.460 e. The number of hydrogen-bond donors (Lipinski definition) is 1. The number of aliphatic hydroxyl groups is 1. The number of carbonyl (C=O) groups excluding carboxylic acids is 1. The Morgan fingerprint density at radius 1 is 1.50 bits per heavy atom. The molecule has 4 atom stereocenters. The maximum atomic E-state index is 10.9. The lowest BCUT2D eigenvalue weighted by Crippen LogP contribution is -2.35. The average Bonchev–Trinajstić information content (AvgIpc) is 2.52. The molecule has 1 saturated carbocycles. The molecule has 0 bridgehead atoms. The van der Waals surface area contributed by atoms with Crippen molar-refractivity contribution < 1.29 is 24.1 Å². The van der Waals surface area contributed by atoms with E-state index in [2.05, 4.69) is 0 Å². The Morgan fingerprint density at radius 2 is 2.19 bits per heavy atom. The fourth-order valence-electron chi connectivity index (χ4n) is 2.17. The van der Waals surface area contributed by atoms with Gasteiger partial charge in [0.1, 0.15) is 19.0 Å². The molecule has 0 aromatic heterocycles. The average molecular weight is 232 g/mol. The summed E-state index contributed by atoms with van der Waals surface area (Å²) in [5.74, 6) is -0.166. The van der Waals surface area contributed by atoms with Gasteiger partial charge in [0.2, 0.25) is 0 Å². The first-order chi connectivity index (χ1) is 7.60. The highest BCUT2D eigenvalue weighted by atomic mass is 16.7. The molecule has 94 valence electrons. The van der Waals surface area contributed by atoms with Crippen LogP contribution in [0.5, 0.6) is 0 Å². The smallest absolute Gasteiger partial charge is 0.302 e. The van der Waals surface area contributed by atoms with Crippen LogP contribution in [0.3, 0.4) is 0 Å². The Hall–Kier alpha value is -0.650. The van der Waals surface area contributed by atoms with E-state index in [0.29, 0.717) is 6.42 Å².